The average Bonchev–Trinajstić information content (AvgIpc) is 2.51. The maximum atomic E-state index is 11.2. The number of hydrogen-bond acceptors (Lipinski definition) is 9. The summed E-state index contributed by atoms with van der Waals surface area (Å²) < 4.78 is 52.2. The summed E-state index contributed by atoms with van der Waals surface area (Å²) >= 11 is 0. The number of rotatable bonds is 8. The number of methoxy groups -OCH3 is 3. The summed E-state index contributed by atoms with van der Waals surface area (Å²) in [6, 6.07) is 0. The van der Waals surface area contributed by atoms with Gasteiger partial charge in [-0.1, -0.05) is 0 Å². The Hall–Kier alpha value is -2.20. The van der Waals surface area contributed by atoms with Crippen LogP contribution in [0.15, 0.2) is 0 Å². The van der Waals surface area contributed by atoms with Crippen LogP contribution in [0.25, 0.3) is 0 Å². The van der Waals surface area contributed by atoms with Gasteiger partial charge in [-0.25, -0.2) is 8.42 Å². The second-order valence-electron chi connectivity index (χ2n) is 4.77. The second kappa shape index (κ2) is 8.06. The van der Waals surface area contributed by atoms with Crippen LogP contribution in [-0.4, -0.2) is 45.4 Å². The van der Waals surface area contributed by atoms with Gasteiger partial charge in [0.15, 0.2) is 11.5 Å². The highest BCUT2D eigenvalue weighted by Gasteiger charge is 2.26. The largest absolute Gasteiger partial charge is 0.716 e. The summed E-state index contributed by atoms with van der Waals surface area (Å²) in [5.74, 6) is -1.49. The van der Waals surface area contributed by atoms with Gasteiger partial charge in [-0.3, -0.25) is 4.79 Å². The zero-order chi connectivity index (χ0) is 18.5. The average molecular weight is 363 g/mol. The van der Waals surface area contributed by atoms with E-state index < -0.39 is 16.4 Å². The van der Waals surface area contributed by atoms with Crippen LogP contribution in [0.4, 0.5) is 0 Å². The van der Waals surface area contributed by atoms with Crippen molar-refractivity contribution in [2.75, 3.05) is 21.3 Å². The maximum Gasteiger partial charge on any atom is 0.305 e. The number of hydrogen-bond donors (Lipinski definition) is 1. The number of phenolic OH excluding ortho intramolecular Hbond substituents is 1. The lowest BCUT2D eigenvalue weighted by Gasteiger charge is -2.21. The minimum atomic E-state index is -5.09. The summed E-state index contributed by atoms with van der Waals surface area (Å²) in [4.78, 5) is 11.2. The minimum Gasteiger partial charge on any atom is -0.716 e. The van der Waals surface area contributed by atoms with Crippen LogP contribution >= 0.6 is 0 Å². The van der Waals surface area contributed by atoms with E-state index in [0.29, 0.717) is 0 Å². The molecule has 0 fully saturated rings. The fraction of sp³-hybridized carbons (Fsp3) is 0.500. The zero-order valence-electron chi connectivity index (χ0n) is 13.7. The lowest BCUT2D eigenvalue weighted by molar-refractivity contribution is -0.140. The first kappa shape index (κ1) is 19.8. The molecule has 1 N–H and O–H groups in total. The Labute approximate surface area is 140 Å². The van der Waals surface area contributed by atoms with Crippen molar-refractivity contribution in [2.45, 2.75) is 26.2 Å². The van der Waals surface area contributed by atoms with Crippen LogP contribution < -0.4 is 13.7 Å². The Kier molecular flexibility index (Phi) is 6.67. The second-order valence-corrected chi connectivity index (χ2v) is 5.75. The van der Waals surface area contributed by atoms with Crippen LogP contribution in [0.3, 0.4) is 0 Å². The van der Waals surface area contributed by atoms with Crippen molar-refractivity contribution >= 4 is 16.4 Å². The van der Waals surface area contributed by atoms with Gasteiger partial charge in [0.05, 0.1) is 21.3 Å². The van der Waals surface area contributed by atoms with Gasteiger partial charge in [-0.15, -0.1) is 0 Å². The molecule has 0 bridgehead atoms. The number of carbonyl (C=O) groups excluding carboxylic acids is 1. The van der Waals surface area contributed by atoms with E-state index >= 15 is 0 Å². The monoisotopic (exact) mass is 363 g/mol. The highest BCUT2D eigenvalue weighted by atomic mass is 32.3. The van der Waals surface area contributed by atoms with Crippen molar-refractivity contribution in [3.63, 3.8) is 0 Å². The SMILES string of the molecule is COC(=O)CCCc1c(C)c(O)c(OC)c(OC)c1OS(=O)(=O)[O-]. The lowest BCUT2D eigenvalue weighted by atomic mass is 9.99. The number of phenols is 1. The van der Waals surface area contributed by atoms with Crippen LogP contribution in [0.5, 0.6) is 23.0 Å². The van der Waals surface area contributed by atoms with Crippen molar-refractivity contribution < 1.29 is 41.3 Å². The fourth-order valence-electron chi connectivity index (χ4n) is 2.21. The molecule has 0 unspecified atom stereocenters. The molecule has 136 valence electrons. The molecule has 1 rings (SSSR count). The summed E-state index contributed by atoms with van der Waals surface area (Å²) in [7, 11) is -1.40. The van der Waals surface area contributed by atoms with Crippen molar-refractivity contribution in [1.82, 2.24) is 0 Å². The van der Waals surface area contributed by atoms with Gasteiger partial charge in [0, 0.05) is 17.5 Å². The highest BCUT2D eigenvalue weighted by molar-refractivity contribution is 7.81. The van der Waals surface area contributed by atoms with Crippen LogP contribution in [0.1, 0.15) is 24.0 Å². The number of ether oxygens (including phenoxy) is 3. The quantitative estimate of drug-likeness (QED) is 0.409. The van der Waals surface area contributed by atoms with Gasteiger partial charge in [-0.2, -0.15) is 0 Å². The first-order chi connectivity index (χ1) is 11.2. The van der Waals surface area contributed by atoms with Crippen molar-refractivity contribution in [2.24, 2.45) is 0 Å². The zero-order valence-corrected chi connectivity index (χ0v) is 14.6. The minimum absolute atomic E-state index is 0.0641. The molecule has 1 aromatic rings. The summed E-state index contributed by atoms with van der Waals surface area (Å²) in [5.41, 5.74) is 0.463. The van der Waals surface area contributed by atoms with E-state index in [1.54, 1.807) is 0 Å². The predicted octanol–water partition coefficient (Wildman–Crippen LogP) is 1.05. The fourth-order valence-corrected chi connectivity index (χ4v) is 2.59. The highest BCUT2D eigenvalue weighted by Crippen LogP contribution is 2.49. The molecule has 24 heavy (non-hydrogen) atoms. The van der Waals surface area contributed by atoms with Gasteiger partial charge >= 0.3 is 5.97 Å². The van der Waals surface area contributed by atoms with E-state index in [1.165, 1.54) is 28.3 Å². The van der Waals surface area contributed by atoms with E-state index in [4.69, 9.17) is 9.47 Å². The molecule has 9 nitrogen and oxygen atoms in total. The number of aromatic hydroxyl groups is 1. The normalized spacial score (nSPS) is 11.0. The molecule has 10 heteroatoms. The Morgan fingerprint density at radius 1 is 1.12 bits per heavy atom. The van der Waals surface area contributed by atoms with Crippen LogP contribution in [0, 0.1) is 6.92 Å². The molecule has 0 aromatic heterocycles. The number of benzene rings is 1. The topological polar surface area (TPSA) is 131 Å². The molecule has 0 heterocycles. The van der Waals surface area contributed by atoms with Crippen molar-refractivity contribution in [1.29, 1.82) is 0 Å². The standard InChI is InChI=1S/C14H20O9S/c1-8-9(6-5-7-10(15)20-2)12(23-24(17,18)19)14(22-4)13(21-3)11(8)16/h16H,5-7H2,1-4H3,(H,17,18,19)/p-1. The third-order valence-corrected chi connectivity index (χ3v) is 3.71. The third kappa shape index (κ3) is 4.65. The lowest BCUT2D eigenvalue weighted by Crippen LogP contribution is -2.12. The number of esters is 1. The predicted molar refractivity (Wildman–Crippen MR) is 81.2 cm³/mol. The van der Waals surface area contributed by atoms with Gasteiger partial charge in [-0.05, 0) is 19.8 Å². The van der Waals surface area contributed by atoms with E-state index in [2.05, 4.69) is 8.92 Å². The Balaban J connectivity index is 3.42. The molecule has 0 aliphatic carbocycles. The maximum absolute atomic E-state index is 11.2. The van der Waals surface area contributed by atoms with Crippen molar-refractivity contribution in [3.05, 3.63) is 11.1 Å². The summed E-state index contributed by atoms with van der Waals surface area (Å²) in [6.45, 7) is 1.50. The molecular weight excluding hydrogens is 344 g/mol. The molecule has 0 amide bonds. The molecule has 0 aliphatic heterocycles. The Bertz CT molecular complexity index is 710. The molecular formula is C14H19O9S-. The van der Waals surface area contributed by atoms with Gasteiger partial charge in [0.1, 0.15) is 0 Å². The van der Waals surface area contributed by atoms with Crippen molar-refractivity contribution in [3.8, 4) is 23.0 Å². The first-order valence-electron chi connectivity index (χ1n) is 6.84. The first-order valence-corrected chi connectivity index (χ1v) is 8.18. The molecule has 0 radical (unpaired) electrons. The molecule has 0 spiro atoms. The Morgan fingerprint density at radius 2 is 1.71 bits per heavy atom. The summed E-state index contributed by atoms with van der Waals surface area (Å²) in [6.07, 6.45) is 0.478. The third-order valence-electron chi connectivity index (χ3n) is 3.34. The van der Waals surface area contributed by atoms with Crippen LogP contribution in [-0.2, 0) is 26.4 Å². The Morgan fingerprint density at radius 3 is 2.17 bits per heavy atom. The van der Waals surface area contributed by atoms with Gasteiger partial charge < -0.3 is 28.1 Å². The molecule has 1 aromatic carbocycles. The summed E-state index contributed by atoms with van der Waals surface area (Å²) in [5, 5.41) is 10.2. The van der Waals surface area contributed by atoms with Gasteiger partial charge in [0.2, 0.25) is 11.5 Å². The molecule has 0 saturated carbocycles. The van der Waals surface area contributed by atoms with Crippen LogP contribution in [0.2, 0.25) is 0 Å². The molecule has 0 aliphatic rings. The smallest absolute Gasteiger partial charge is 0.305 e. The molecule has 0 atom stereocenters. The number of carbonyl (C=O) groups is 1. The van der Waals surface area contributed by atoms with E-state index in [-0.39, 0.29) is 53.4 Å². The van der Waals surface area contributed by atoms with E-state index in [1.807, 2.05) is 0 Å². The van der Waals surface area contributed by atoms with E-state index in [9.17, 15) is 22.9 Å². The van der Waals surface area contributed by atoms with E-state index in [0.717, 1.165) is 0 Å². The molecule has 0 saturated heterocycles. The van der Waals surface area contributed by atoms with Gasteiger partial charge in [0.25, 0.3) is 10.4 Å².